The molecule has 2 unspecified atom stereocenters. The number of carbonyl (C=O) groups excluding carboxylic acids is 10. The van der Waals surface area contributed by atoms with Crippen molar-refractivity contribution in [3.05, 3.63) is 0 Å². The van der Waals surface area contributed by atoms with Crippen molar-refractivity contribution in [2.45, 2.75) is 318 Å². The number of hydrogen-bond donors (Lipinski definition) is 22. The van der Waals surface area contributed by atoms with Crippen molar-refractivity contribution in [3.8, 4) is 0 Å². The molecule has 50 nitrogen and oxygen atoms in total. The summed E-state index contributed by atoms with van der Waals surface area (Å²) in [6.07, 6.45) is -21.4. The number of Topliss-reactive ketones (excluding diaryl/α,β-unsaturated/α-hetero) is 2. The van der Waals surface area contributed by atoms with Crippen LogP contribution in [-0.4, -0.2) is 382 Å². The van der Waals surface area contributed by atoms with Gasteiger partial charge in [0.2, 0.25) is 23.6 Å². The first kappa shape index (κ1) is 116. The zero-order chi connectivity index (χ0) is 96.1. The molecule has 128 heavy (non-hydrogen) atoms. The highest BCUT2D eigenvalue weighted by Gasteiger charge is 2.50. The van der Waals surface area contributed by atoms with Crippen molar-refractivity contribution in [1.29, 1.82) is 0 Å². The molecule has 52 heteroatoms. The number of ketones is 2. The second-order valence-corrected chi connectivity index (χ2v) is 35.1. The smallest absolute Gasteiger partial charge is 0.447 e. The van der Waals surface area contributed by atoms with E-state index in [1.807, 2.05) is 0 Å². The minimum atomic E-state index is -4.75. The van der Waals surface area contributed by atoms with Gasteiger partial charge in [-0.15, -0.1) is 0 Å². The number of aliphatic hydroxyl groups is 12. The summed E-state index contributed by atoms with van der Waals surface area (Å²) in [4.78, 5) is 141. The van der Waals surface area contributed by atoms with Gasteiger partial charge in [0.15, 0.2) is 25.2 Å². The van der Waals surface area contributed by atoms with Crippen molar-refractivity contribution >= 4 is 75.2 Å². The topological polar surface area (TPSA) is 732 Å². The average molecular weight is 1900 g/mol. The Morgan fingerprint density at radius 1 is 0.328 bits per heavy atom. The SMILES string of the molecule is CC(=O)N[C@H]1[C@H](OCCCCC(=O)CCCNC(=O)OCC(COC(=O)NCCCC(=O)CCCCO[C@@H]2O[C@H](CO)[C@H](O)[C@H](O)[C@H]2NC(C)=O)OP(=O)(O)OC(C)(C)C)O[C@H](CO)[C@H](O)[C@@H]1O.CC(=O)N[C@H]1[C@H](OCCCCCNC(=O)OCC(COC(=O)NCCCCCO[C@@H]2O[C@H](CO)[C@H](O)[C@H](O)[C@H]2NC(C)=O)OP(=O)(O)OC(C)(C)C)O[C@H](CO)[C@H](O)[C@@H]1O. The highest BCUT2D eigenvalue weighted by Crippen LogP contribution is 2.49. The Morgan fingerprint density at radius 3 is 0.766 bits per heavy atom. The van der Waals surface area contributed by atoms with Crippen LogP contribution in [-0.2, 0) is 113 Å². The van der Waals surface area contributed by atoms with E-state index in [4.69, 9.17) is 74.9 Å². The fraction of sp³-hybridized carbons (Fsp3) is 0.868. The van der Waals surface area contributed by atoms with Gasteiger partial charge in [0.05, 0.1) is 37.6 Å². The van der Waals surface area contributed by atoms with E-state index in [2.05, 4.69) is 42.5 Å². The van der Waals surface area contributed by atoms with Crippen LogP contribution >= 0.6 is 15.6 Å². The van der Waals surface area contributed by atoms with Crippen LogP contribution in [0.15, 0.2) is 0 Å². The molecule has 4 rings (SSSR count). The Bertz CT molecular complexity index is 3240. The minimum Gasteiger partial charge on any atom is -0.447 e. The van der Waals surface area contributed by atoms with Crippen LogP contribution in [0.25, 0.3) is 0 Å². The van der Waals surface area contributed by atoms with Crippen molar-refractivity contribution in [2.75, 3.05) is 105 Å². The van der Waals surface area contributed by atoms with E-state index in [0.717, 1.165) is 0 Å². The number of aliphatic hydroxyl groups excluding tert-OH is 12. The first-order valence-corrected chi connectivity index (χ1v) is 45.3. The summed E-state index contributed by atoms with van der Waals surface area (Å²) in [7, 11) is -9.47. The Kier molecular flexibility index (Phi) is 54.4. The molecule has 4 heterocycles. The second-order valence-electron chi connectivity index (χ2n) is 32.4. The molecule has 0 aromatic heterocycles. The van der Waals surface area contributed by atoms with E-state index < -0.39 is 262 Å². The summed E-state index contributed by atoms with van der Waals surface area (Å²) in [5.74, 6) is -2.15. The van der Waals surface area contributed by atoms with E-state index >= 15 is 0 Å². The van der Waals surface area contributed by atoms with Gasteiger partial charge in [-0.25, -0.2) is 28.3 Å². The molecule has 0 spiro atoms. The van der Waals surface area contributed by atoms with Crippen LogP contribution in [0.3, 0.4) is 0 Å². The standard InChI is InChI=1S/C41H73N4O22P.C35H65N4O20P/c1-24(48)44-31-35(54)33(52)29(20-46)64-37(31)60-18-8-6-12-26(50)14-10-16-42-39(56)62-22-28(66-68(58,59)67-41(3,4)5)23-63-40(57)43-17-11-15-27(51)13-7-9-19-61-38-32(45-25(2)49)36(55)34(53)30(21-47)65-38;1-20(42)38-25-29(46)27(44)23(16-40)56-31(25)52-14-10-6-8-12-36-33(48)54-18-22(58-60(50,51)59-35(3,4)5)19-55-34(49)37-13-9-7-11-15-53-32-26(39-21(2)43)30(47)28(45)24(17-41)57-32/h28-38,46-47,52-55H,6-23H2,1-5H3,(H,42,56)(H,43,57)(H,44,48)(H,45,49)(H,58,59);22-32,40-41,44-47H,6-19H2,1-5H3,(H,36,48)(H,37,49)(H,38,42)(H,39,43)(H,50,51)/t29-,30-,31-,32-,33+,34+,35-,36-,37-,38-;23-,24-,25-,26-,27+,28+,29-,30-,31-,32-/m11/s1. The maximum Gasteiger partial charge on any atom is 0.473 e. The number of ether oxygens (including phenoxy) is 12. The molecule has 0 aromatic carbocycles. The number of unbranched alkanes of at least 4 members (excludes halogenated alkanes) is 6. The molecule has 744 valence electrons. The molecule has 4 aliphatic heterocycles. The van der Waals surface area contributed by atoms with Crippen molar-refractivity contribution in [1.82, 2.24) is 42.5 Å². The normalized spacial score (nSPS) is 27.0. The third kappa shape index (κ3) is 46.9. The summed E-state index contributed by atoms with van der Waals surface area (Å²) in [6, 6.07) is -4.30. The first-order valence-electron chi connectivity index (χ1n) is 42.3. The number of rotatable bonds is 56. The van der Waals surface area contributed by atoms with Gasteiger partial charge in [0, 0.05) is 106 Å². The zero-order valence-corrected chi connectivity index (χ0v) is 75.7. The number of hydrogen-bond acceptors (Lipinski definition) is 40. The van der Waals surface area contributed by atoms with Crippen LogP contribution < -0.4 is 42.5 Å². The van der Waals surface area contributed by atoms with Crippen LogP contribution in [0.1, 0.15) is 172 Å². The second kappa shape index (κ2) is 60.1. The number of nitrogens with one attached hydrogen (secondary N) is 8. The van der Waals surface area contributed by atoms with Gasteiger partial charge in [-0.3, -0.25) is 46.9 Å². The average Bonchev–Trinajstić information content (AvgIpc) is 0.819. The Labute approximate surface area is 741 Å². The number of amides is 8. The fourth-order valence-electron chi connectivity index (χ4n) is 12.7. The molecule has 8 amide bonds. The lowest BCUT2D eigenvalue weighted by Gasteiger charge is -2.42. The molecule has 0 bridgehead atoms. The molecular weight excluding hydrogens is 1760 g/mol. The zero-order valence-electron chi connectivity index (χ0n) is 73.9. The largest absolute Gasteiger partial charge is 0.473 e. The predicted octanol–water partition coefficient (Wildman–Crippen LogP) is -3.30. The van der Waals surface area contributed by atoms with Gasteiger partial charge in [-0.1, -0.05) is 0 Å². The third-order valence-corrected chi connectivity index (χ3v) is 21.4. The summed E-state index contributed by atoms with van der Waals surface area (Å²) < 4.78 is 111. The Morgan fingerprint density at radius 2 is 0.547 bits per heavy atom. The fourth-order valence-corrected chi connectivity index (χ4v) is 15.2. The van der Waals surface area contributed by atoms with Crippen molar-refractivity contribution < 1.29 is 203 Å². The van der Waals surface area contributed by atoms with Crippen LogP contribution in [0.4, 0.5) is 19.2 Å². The van der Waals surface area contributed by atoms with Crippen LogP contribution in [0, 0.1) is 0 Å². The first-order chi connectivity index (χ1) is 60.1. The van der Waals surface area contributed by atoms with Gasteiger partial charge in [0.25, 0.3) is 0 Å². The summed E-state index contributed by atoms with van der Waals surface area (Å²) >= 11 is 0. The molecule has 22 N–H and O–H groups in total. The van der Waals surface area contributed by atoms with Gasteiger partial charge < -0.3 is 170 Å². The third-order valence-electron chi connectivity index (χ3n) is 18.8. The summed E-state index contributed by atoms with van der Waals surface area (Å²) in [5, 5.41) is 139. The van der Waals surface area contributed by atoms with E-state index in [1.54, 1.807) is 0 Å². The molecule has 0 aromatic rings. The minimum absolute atomic E-state index is 0.0342. The Hall–Kier alpha value is -6.28. The summed E-state index contributed by atoms with van der Waals surface area (Å²) in [6.45, 7) is 9.94. The highest BCUT2D eigenvalue weighted by molar-refractivity contribution is 7.47. The van der Waals surface area contributed by atoms with Gasteiger partial charge >= 0.3 is 40.0 Å². The van der Waals surface area contributed by atoms with Crippen molar-refractivity contribution in [2.24, 2.45) is 0 Å². The molecule has 0 saturated carbocycles. The molecule has 0 radical (unpaired) electrons. The quantitative estimate of drug-likeness (QED) is 0.0161. The molecule has 4 aliphatic rings. The van der Waals surface area contributed by atoms with Gasteiger partial charge in [-0.2, -0.15) is 0 Å². The maximum atomic E-state index is 12.7. The van der Waals surface area contributed by atoms with Crippen molar-refractivity contribution in [3.63, 3.8) is 0 Å². The predicted molar refractivity (Wildman–Crippen MR) is 438 cm³/mol. The Balaban J connectivity index is 0.000000665. The maximum absolute atomic E-state index is 12.7. The van der Waals surface area contributed by atoms with E-state index in [-0.39, 0.29) is 103 Å². The van der Waals surface area contributed by atoms with Crippen LogP contribution in [0.5, 0.6) is 0 Å². The van der Waals surface area contributed by atoms with Gasteiger partial charge in [-0.05, 0) is 119 Å². The lowest BCUT2D eigenvalue weighted by Crippen LogP contribution is -2.64. The monoisotopic (exact) mass is 1900 g/mol. The number of carbonyl (C=O) groups is 10. The lowest BCUT2D eigenvalue weighted by molar-refractivity contribution is -0.270. The molecule has 22 atom stereocenters. The number of phosphoric ester groups is 2. The lowest BCUT2D eigenvalue weighted by atomic mass is 9.97. The van der Waals surface area contributed by atoms with Crippen LogP contribution in [0.2, 0.25) is 0 Å². The number of alkyl carbamates (subject to hydrolysis) is 4. The van der Waals surface area contributed by atoms with E-state index in [0.29, 0.717) is 64.2 Å². The summed E-state index contributed by atoms with van der Waals surface area (Å²) in [5.41, 5.74) is -2.21. The molecular formula is C76H138N8O42P2. The van der Waals surface area contributed by atoms with E-state index in [9.17, 15) is 128 Å². The highest BCUT2D eigenvalue weighted by atomic mass is 31.2. The molecule has 4 fully saturated rings. The van der Waals surface area contributed by atoms with Gasteiger partial charge in [0.1, 0.15) is 148 Å². The molecule has 4 saturated heterocycles. The molecule has 0 aliphatic carbocycles. The number of phosphoric acid groups is 2. The van der Waals surface area contributed by atoms with E-state index in [1.165, 1.54) is 69.2 Å².